The van der Waals surface area contributed by atoms with E-state index >= 15 is 0 Å². The molecule has 0 saturated heterocycles. The van der Waals surface area contributed by atoms with Gasteiger partial charge in [0, 0.05) is 0 Å². The molecule has 0 fully saturated rings. The summed E-state index contributed by atoms with van der Waals surface area (Å²) in [5, 5.41) is 2.61. The molecule has 0 aromatic heterocycles. The van der Waals surface area contributed by atoms with Gasteiger partial charge in [-0.05, 0) is 45.8 Å². The largest absolute Gasteiger partial charge is 0.444 e. The summed E-state index contributed by atoms with van der Waals surface area (Å²) < 4.78 is 11.3. The Morgan fingerprint density at radius 3 is 1.95 bits per heavy atom. The molecule has 0 spiro atoms. The van der Waals surface area contributed by atoms with Gasteiger partial charge in [-0.15, -0.1) is 0 Å². The highest BCUT2D eigenvalue weighted by molar-refractivity contribution is 6.74. The zero-order valence-corrected chi connectivity index (χ0v) is 15.9. The molecule has 5 nitrogen and oxygen atoms in total. The lowest BCUT2D eigenvalue weighted by molar-refractivity contribution is -0.111. The van der Waals surface area contributed by atoms with Crippen molar-refractivity contribution in [2.24, 2.45) is 0 Å². The maximum absolute atomic E-state index is 11.8. The second-order valence-electron chi connectivity index (χ2n) is 7.89. The molecule has 0 aromatic carbocycles. The van der Waals surface area contributed by atoms with E-state index in [1.165, 1.54) is 0 Å². The maximum Gasteiger partial charge on any atom is 0.408 e. The van der Waals surface area contributed by atoms with Gasteiger partial charge >= 0.3 is 6.09 Å². The van der Waals surface area contributed by atoms with E-state index in [4.69, 9.17) is 9.16 Å². The molecule has 0 rings (SSSR count). The van der Waals surface area contributed by atoms with Crippen LogP contribution in [0.4, 0.5) is 4.79 Å². The molecule has 124 valence electrons. The Balaban J connectivity index is 4.75. The van der Waals surface area contributed by atoms with Crippen molar-refractivity contribution in [3.8, 4) is 0 Å². The lowest BCUT2D eigenvalue weighted by Crippen LogP contribution is -2.52. The molecule has 0 aliphatic carbocycles. The third-order valence-electron chi connectivity index (χ3n) is 3.62. The van der Waals surface area contributed by atoms with Gasteiger partial charge in [-0.3, -0.25) is 0 Å². The number of nitrogens with one attached hydrogen (secondary N) is 1. The first-order chi connectivity index (χ1) is 9.19. The average molecular weight is 318 g/mol. The van der Waals surface area contributed by atoms with Gasteiger partial charge in [0.25, 0.3) is 0 Å². The predicted molar refractivity (Wildman–Crippen MR) is 87.0 cm³/mol. The first kappa shape index (κ1) is 20.1. The van der Waals surface area contributed by atoms with E-state index in [1.807, 2.05) is 0 Å². The molecule has 1 N–H and O–H groups in total. The Kier molecular flexibility index (Phi) is 6.63. The van der Waals surface area contributed by atoms with E-state index in [0.29, 0.717) is 6.29 Å². The average Bonchev–Trinajstić information content (AvgIpc) is 2.20. The van der Waals surface area contributed by atoms with Gasteiger partial charge in [-0.25, -0.2) is 4.79 Å². The van der Waals surface area contributed by atoms with Gasteiger partial charge in [0.05, 0.1) is 6.10 Å². The molecule has 6 heteroatoms. The van der Waals surface area contributed by atoms with E-state index in [1.54, 1.807) is 27.7 Å². The normalized spacial score (nSPS) is 16.0. The van der Waals surface area contributed by atoms with Gasteiger partial charge in [0.1, 0.15) is 17.9 Å². The third-order valence-corrected chi connectivity index (χ3v) is 8.20. The van der Waals surface area contributed by atoms with Crippen molar-refractivity contribution >= 4 is 20.7 Å². The highest BCUT2D eigenvalue weighted by Crippen LogP contribution is 2.37. The molecular weight excluding hydrogens is 286 g/mol. The highest BCUT2D eigenvalue weighted by Gasteiger charge is 2.40. The number of amides is 1. The molecular formula is C15H31NO4Si. The quantitative estimate of drug-likeness (QED) is 0.623. The summed E-state index contributed by atoms with van der Waals surface area (Å²) in [6.45, 7) is 17.7. The molecule has 0 saturated carbocycles. The van der Waals surface area contributed by atoms with Gasteiger partial charge in [-0.1, -0.05) is 20.8 Å². The molecule has 0 radical (unpaired) electrons. The zero-order chi connectivity index (χ0) is 17.1. The molecule has 1 amide bonds. The summed E-state index contributed by atoms with van der Waals surface area (Å²) in [6.07, 6.45) is -0.303. The number of carbonyl (C=O) groups excluding carboxylic acids is 2. The third kappa shape index (κ3) is 7.08. The van der Waals surface area contributed by atoms with Crippen LogP contribution in [0.5, 0.6) is 0 Å². The van der Waals surface area contributed by atoms with E-state index in [9.17, 15) is 9.59 Å². The number of carbonyl (C=O) groups is 2. The van der Waals surface area contributed by atoms with Crippen LogP contribution in [0.2, 0.25) is 18.1 Å². The van der Waals surface area contributed by atoms with Crippen molar-refractivity contribution in [1.29, 1.82) is 0 Å². The summed E-state index contributed by atoms with van der Waals surface area (Å²) in [6, 6.07) is -0.714. The standard InChI is InChI=1S/C15H31NO4Si/c1-11(20-21(8,9)15(5,6)7)12(10-17)16-13(18)19-14(2,3)4/h10-12H,1-9H3,(H,16,18)/t11-,12-/m1/s1. The minimum Gasteiger partial charge on any atom is -0.444 e. The molecule has 0 aliphatic heterocycles. The van der Waals surface area contributed by atoms with Crippen LogP contribution in [0.15, 0.2) is 0 Å². The highest BCUT2D eigenvalue weighted by atomic mass is 28.4. The van der Waals surface area contributed by atoms with E-state index in [2.05, 4.69) is 39.2 Å². The van der Waals surface area contributed by atoms with Crippen molar-refractivity contribution in [3.63, 3.8) is 0 Å². The van der Waals surface area contributed by atoms with E-state index < -0.39 is 32.2 Å². The van der Waals surface area contributed by atoms with Crippen molar-refractivity contribution in [2.75, 3.05) is 0 Å². The van der Waals surface area contributed by atoms with Gasteiger partial charge in [-0.2, -0.15) is 0 Å². The Morgan fingerprint density at radius 2 is 1.62 bits per heavy atom. The summed E-state index contributed by atoms with van der Waals surface area (Å²) in [5.74, 6) is 0. The number of rotatable bonds is 5. The predicted octanol–water partition coefficient (Wildman–Crippen LogP) is 3.49. The van der Waals surface area contributed by atoms with Crippen LogP contribution in [-0.2, 0) is 14.0 Å². The fourth-order valence-electron chi connectivity index (χ4n) is 1.42. The van der Waals surface area contributed by atoms with E-state index in [-0.39, 0.29) is 5.04 Å². The van der Waals surface area contributed by atoms with Crippen LogP contribution >= 0.6 is 0 Å². The molecule has 0 aliphatic rings. The summed E-state index contributed by atoms with van der Waals surface area (Å²) >= 11 is 0. The molecule has 0 heterocycles. The molecule has 0 bridgehead atoms. The van der Waals surface area contributed by atoms with Gasteiger partial charge in [0.15, 0.2) is 8.32 Å². The molecule has 21 heavy (non-hydrogen) atoms. The second-order valence-corrected chi connectivity index (χ2v) is 12.6. The van der Waals surface area contributed by atoms with Crippen molar-refractivity contribution in [3.05, 3.63) is 0 Å². The van der Waals surface area contributed by atoms with Crippen LogP contribution < -0.4 is 5.32 Å². The smallest absolute Gasteiger partial charge is 0.408 e. The summed E-state index contributed by atoms with van der Waals surface area (Å²) in [4.78, 5) is 23.0. The van der Waals surface area contributed by atoms with Crippen molar-refractivity contribution in [2.45, 2.75) is 84.3 Å². The van der Waals surface area contributed by atoms with Crippen LogP contribution in [0, 0.1) is 0 Å². The Hall–Kier alpha value is -0.883. The lowest BCUT2D eigenvalue weighted by atomic mass is 10.2. The zero-order valence-electron chi connectivity index (χ0n) is 14.9. The van der Waals surface area contributed by atoms with Gasteiger partial charge < -0.3 is 19.3 Å². The SMILES string of the molecule is C[C@@H](O[Si](C)(C)C(C)(C)C)[C@@H](C=O)NC(=O)OC(C)(C)C. The van der Waals surface area contributed by atoms with E-state index in [0.717, 1.165) is 0 Å². The van der Waals surface area contributed by atoms with Crippen LogP contribution in [-0.4, -0.2) is 38.4 Å². The number of hydrogen-bond acceptors (Lipinski definition) is 4. The number of alkyl carbamates (subject to hydrolysis) is 1. The van der Waals surface area contributed by atoms with Crippen LogP contribution in [0.3, 0.4) is 0 Å². The Bertz CT molecular complexity index is 369. The number of aldehydes is 1. The minimum absolute atomic E-state index is 0.0423. The Labute approximate surface area is 129 Å². The van der Waals surface area contributed by atoms with Gasteiger partial charge in [0.2, 0.25) is 0 Å². The molecule has 0 aromatic rings. The Morgan fingerprint density at radius 1 is 1.14 bits per heavy atom. The molecule has 2 atom stereocenters. The topological polar surface area (TPSA) is 64.6 Å². The van der Waals surface area contributed by atoms with Crippen LogP contribution in [0.25, 0.3) is 0 Å². The minimum atomic E-state index is -2.00. The second kappa shape index (κ2) is 6.92. The fourth-order valence-corrected chi connectivity index (χ4v) is 2.85. The first-order valence-corrected chi connectivity index (χ1v) is 10.2. The van der Waals surface area contributed by atoms with Crippen molar-refractivity contribution < 1.29 is 18.8 Å². The summed E-state index contributed by atoms with van der Waals surface area (Å²) in [7, 11) is -2.00. The summed E-state index contributed by atoms with van der Waals surface area (Å²) in [5.41, 5.74) is -0.596. The van der Waals surface area contributed by atoms with Crippen LogP contribution in [0.1, 0.15) is 48.5 Å². The lowest BCUT2D eigenvalue weighted by Gasteiger charge is -2.39. The first-order valence-electron chi connectivity index (χ1n) is 7.32. The fraction of sp³-hybridized carbons (Fsp3) is 0.867. The number of ether oxygens (including phenoxy) is 1. The molecule has 0 unspecified atom stereocenters. The number of hydrogen-bond donors (Lipinski definition) is 1. The van der Waals surface area contributed by atoms with Crippen molar-refractivity contribution in [1.82, 2.24) is 5.32 Å². The monoisotopic (exact) mass is 317 g/mol. The maximum atomic E-state index is 11.8.